The maximum atomic E-state index is 4.58. The number of hydrogen-bond acceptors (Lipinski definition) is 2. The summed E-state index contributed by atoms with van der Waals surface area (Å²) in [6.45, 7) is 17.1. The van der Waals surface area contributed by atoms with Crippen LogP contribution in [0.25, 0.3) is 44.8 Å². The summed E-state index contributed by atoms with van der Waals surface area (Å²) in [4.78, 5) is 9.13. The van der Waals surface area contributed by atoms with Crippen molar-refractivity contribution in [1.29, 1.82) is 0 Å². The molecule has 0 bridgehead atoms. The van der Waals surface area contributed by atoms with E-state index in [1.54, 1.807) is 0 Å². The predicted octanol–water partition coefficient (Wildman–Crippen LogP) is 11.1. The summed E-state index contributed by atoms with van der Waals surface area (Å²) < 4.78 is 0. The van der Waals surface area contributed by atoms with Crippen molar-refractivity contribution in [1.82, 2.24) is 9.97 Å². The van der Waals surface area contributed by atoms with Crippen molar-refractivity contribution in [2.75, 3.05) is 0 Å². The zero-order valence-corrected chi connectivity index (χ0v) is 29.9. The van der Waals surface area contributed by atoms with Gasteiger partial charge in [-0.15, -0.1) is 35.4 Å². The summed E-state index contributed by atoms with van der Waals surface area (Å²) in [6.07, 6.45) is 3.76. The van der Waals surface area contributed by atoms with Crippen molar-refractivity contribution >= 4 is 0 Å². The Morgan fingerprint density at radius 3 is 1.47 bits per heavy atom. The Bertz CT molecular complexity index is 1770. The third-order valence-corrected chi connectivity index (χ3v) is 8.25. The van der Waals surface area contributed by atoms with Gasteiger partial charge in [-0.3, -0.25) is 4.98 Å². The number of aromatic nitrogens is 2. The maximum Gasteiger partial charge on any atom is 0.0733 e. The molecule has 6 aromatic rings. The van der Waals surface area contributed by atoms with E-state index in [1.165, 1.54) is 72.3 Å². The standard InChI is InChI=1S/C21H21N.C21H20N.Ir/c2*1-14-10-15(2)12-20(11-14)18-6-5-7-19(13-18)21-17(4)16(3)8-9-22-21;/h5-13H,1-4H3;5-6,8-13H,1-4H3;/q;-1;. The molecule has 2 aromatic heterocycles. The van der Waals surface area contributed by atoms with Gasteiger partial charge in [0.15, 0.2) is 0 Å². The number of pyridine rings is 2. The number of aryl methyl sites for hydroxylation is 6. The van der Waals surface area contributed by atoms with Crippen molar-refractivity contribution in [3.63, 3.8) is 0 Å². The SMILES string of the molecule is Cc1cc(C)cc(-c2cc[c-]c(-c3nccc(C)c3C)c2)c1.Cc1cc(C)cc(-c2cccc(-c3nccc(C)c3C)c2)c1.[Ir]. The largest absolute Gasteiger partial charge is 0.304 e. The second kappa shape index (κ2) is 14.7. The van der Waals surface area contributed by atoms with E-state index in [2.05, 4.69) is 150 Å². The molecule has 0 unspecified atom stereocenters. The number of benzene rings is 4. The Hall–Kier alpha value is -4.17. The molecular weight excluding hydrogens is 725 g/mol. The molecular formula is C42H41IrN2-. The molecule has 0 aliphatic carbocycles. The van der Waals surface area contributed by atoms with E-state index in [0.29, 0.717) is 0 Å². The van der Waals surface area contributed by atoms with Gasteiger partial charge in [-0.25, -0.2) is 0 Å². The van der Waals surface area contributed by atoms with Gasteiger partial charge < -0.3 is 4.98 Å². The van der Waals surface area contributed by atoms with Crippen molar-refractivity contribution in [3.8, 4) is 44.8 Å². The van der Waals surface area contributed by atoms with E-state index in [4.69, 9.17) is 0 Å². The maximum absolute atomic E-state index is 4.58. The van der Waals surface area contributed by atoms with Crippen LogP contribution in [0.3, 0.4) is 0 Å². The third kappa shape index (κ3) is 8.11. The van der Waals surface area contributed by atoms with Crippen LogP contribution in [-0.2, 0) is 20.1 Å². The van der Waals surface area contributed by atoms with Crippen LogP contribution in [0.1, 0.15) is 44.5 Å². The van der Waals surface area contributed by atoms with Crippen LogP contribution in [-0.4, -0.2) is 9.97 Å². The Morgan fingerprint density at radius 1 is 0.444 bits per heavy atom. The van der Waals surface area contributed by atoms with E-state index in [1.807, 2.05) is 24.5 Å². The van der Waals surface area contributed by atoms with Crippen molar-refractivity contribution in [2.45, 2.75) is 55.4 Å². The quantitative estimate of drug-likeness (QED) is 0.167. The van der Waals surface area contributed by atoms with Crippen LogP contribution in [0.4, 0.5) is 0 Å². The molecule has 4 aromatic carbocycles. The molecule has 0 aliphatic heterocycles. The first-order valence-electron chi connectivity index (χ1n) is 15.2. The van der Waals surface area contributed by atoms with Crippen LogP contribution in [0.5, 0.6) is 0 Å². The monoisotopic (exact) mass is 766 g/mol. The van der Waals surface area contributed by atoms with Gasteiger partial charge in [0.2, 0.25) is 0 Å². The molecule has 0 fully saturated rings. The topological polar surface area (TPSA) is 25.8 Å². The molecule has 0 aliphatic rings. The molecule has 2 heterocycles. The van der Waals surface area contributed by atoms with E-state index in [9.17, 15) is 0 Å². The van der Waals surface area contributed by atoms with E-state index in [-0.39, 0.29) is 20.1 Å². The van der Waals surface area contributed by atoms with Gasteiger partial charge in [0.05, 0.1) is 5.69 Å². The molecule has 0 saturated heterocycles. The number of hydrogen-bond donors (Lipinski definition) is 0. The average molecular weight is 766 g/mol. The van der Waals surface area contributed by atoms with Crippen LogP contribution in [0, 0.1) is 61.5 Å². The second-order valence-corrected chi connectivity index (χ2v) is 12.0. The van der Waals surface area contributed by atoms with Gasteiger partial charge in [-0.05, 0) is 107 Å². The number of rotatable bonds is 4. The zero-order chi connectivity index (χ0) is 31.4. The van der Waals surface area contributed by atoms with Gasteiger partial charge in [0.25, 0.3) is 0 Å². The first-order chi connectivity index (χ1) is 21.1. The summed E-state index contributed by atoms with van der Waals surface area (Å²) in [5, 5.41) is 0. The normalized spacial score (nSPS) is 10.5. The minimum atomic E-state index is 0. The molecule has 45 heavy (non-hydrogen) atoms. The summed E-state index contributed by atoms with van der Waals surface area (Å²) in [7, 11) is 0. The van der Waals surface area contributed by atoms with Crippen LogP contribution in [0.15, 0.2) is 103 Å². The van der Waals surface area contributed by atoms with E-state index in [0.717, 1.165) is 17.0 Å². The molecule has 0 saturated carbocycles. The Balaban J connectivity index is 0.000000200. The first kappa shape index (κ1) is 33.7. The van der Waals surface area contributed by atoms with Crippen molar-refractivity contribution in [2.24, 2.45) is 0 Å². The van der Waals surface area contributed by atoms with E-state index < -0.39 is 0 Å². The Morgan fingerprint density at radius 2 is 0.911 bits per heavy atom. The van der Waals surface area contributed by atoms with Gasteiger partial charge in [0, 0.05) is 38.1 Å². The predicted molar refractivity (Wildman–Crippen MR) is 187 cm³/mol. The molecule has 3 heteroatoms. The number of nitrogens with zero attached hydrogens (tertiary/aromatic N) is 2. The first-order valence-corrected chi connectivity index (χ1v) is 15.2. The van der Waals surface area contributed by atoms with Crippen molar-refractivity contribution in [3.05, 3.63) is 154 Å². The van der Waals surface area contributed by atoms with Crippen LogP contribution < -0.4 is 0 Å². The minimum Gasteiger partial charge on any atom is -0.304 e. The summed E-state index contributed by atoms with van der Waals surface area (Å²) >= 11 is 0. The summed E-state index contributed by atoms with van der Waals surface area (Å²) in [5.74, 6) is 0. The molecule has 0 amide bonds. The Kier molecular flexibility index (Phi) is 11.0. The van der Waals surface area contributed by atoms with Gasteiger partial charge in [0.1, 0.15) is 0 Å². The second-order valence-electron chi connectivity index (χ2n) is 12.0. The molecule has 229 valence electrons. The van der Waals surface area contributed by atoms with Crippen molar-refractivity contribution < 1.29 is 20.1 Å². The smallest absolute Gasteiger partial charge is 0.0733 e. The fourth-order valence-electron chi connectivity index (χ4n) is 5.74. The van der Waals surface area contributed by atoms with E-state index >= 15 is 0 Å². The fourth-order valence-corrected chi connectivity index (χ4v) is 5.74. The van der Waals surface area contributed by atoms with Gasteiger partial charge >= 0.3 is 0 Å². The molecule has 6 rings (SSSR count). The Labute approximate surface area is 283 Å². The third-order valence-electron chi connectivity index (χ3n) is 8.25. The molecule has 2 nitrogen and oxygen atoms in total. The summed E-state index contributed by atoms with van der Waals surface area (Å²) in [6, 6.07) is 35.7. The molecule has 0 N–H and O–H groups in total. The average Bonchev–Trinajstić information content (AvgIpc) is 2.99. The van der Waals surface area contributed by atoms with Crippen LogP contribution in [0.2, 0.25) is 0 Å². The zero-order valence-electron chi connectivity index (χ0n) is 27.5. The van der Waals surface area contributed by atoms with Gasteiger partial charge in [-0.2, -0.15) is 0 Å². The fraction of sp³-hybridized carbons (Fsp3) is 0.190. The summed E-state index contributed by atoms with van der Waals surface area (Å²) in [5.41, 5.74) is 19.5. The van der Waals surface area contributed by atoms with Crippen LogP contribution >= 0.6 is 0 Å². The molecule has 0 spiro atoms. The molecule has 0 atom stereocenters. The molecule has 1 radical (unpaired) electrons. The minimum absolute atomic E-state index is 0. The van der Waals surface area contributed by atoms with Gasteiger partial charge in [-0.1, -0.05) is 88.0 Å².